The van der Waals surface area contributed by atoms with E-state index in [2.05, 4.69) is 20.6 Å². The molecule has 1 fully saturated rings. The highest BCUT2D eigenvalue weighted by Crippen LogP contribution is 2.27. The lowest BCUT2D eigenvalue weighted by molar-refractivity contribution is 0.478. The molecule has 2 aromatic heterocycles. The summed E-state index contributed by atoms with van der Waals surface area (Å²) in [6.07, 6.45) is 3.45. The average molecular weight is 406 g/mol. The Bertz CT molecular complexity index is 1050. The average Bonchev–Trinajstić information content (AvgIpc) is 3.08. The molecule has 0 amide bonds. The minimum Gasteiger partial charge on any atom is -0.367 e. The minimum atomic E-state index is -3.63. The maximum atomic E-state index is 12.9. The molecule has 0 unspecified atom stereocenters. The topological polar surface area (TPSA) is 88.9 Å². The highest BCUT2D eigenvalue weighted by atomic mass is 35.5. The van der Waals surface area contributed by atoms with Crippen molar-refractivity contribution in [2.45, 2.75) is 24.6 Å². The van der Waals surface area contributed by atoms with Crippen LogP contribution in [0.1, 0.15) is 18.4 Å². The lowest BCUT2D eigenvalue weighted by Gasteiger charge is -2.24. The molecule has 0 bridgehead atoms. The molecular weight excluding hydrogens is 386 g/mol. The lowest BCUT2D eigenvalue weighted by Crippen LogP contribution is -2.35. The van der Waals surface area contributed by atoms with E-state index in [-0.39, 0.29) is 17.1 Å². The van der Waals surface area contributed by atoms with Gasteiger partial charge in [-0.3, -0.25) is 0 Å². The Hall–Kier alpha value is -2.16. The zero-order chi connectivity index (χ0) is 18.9. The summed E-state index contributed by atoms with van der Waals surface area (Å²) in [5.41, 5.74) is 1.01. The summed E-state index contributed by atoms with van der Waals surface area (Å²) in [7, 11) is -3.63. The zero-order valence-corrected chi connectivity index (χ0v) is 16.2. The molecule has 0 aliphatic carbocycles. The fraction of sp³-hybridized carbons (Fsp3) is 0.333. The Kier molecular flexibility index (Phi) is 5.03. The highest BCUT2D eigenvalue weighted by Gasteiger charge is 2.22. The van der Waals surface area contributed by atoms with Gasteiger partial charge in [0.15, 0.2) is 5.65 Å². The summed E-state index contributed by atoms with van der Waals surface area (Å²) < 4.78 is 27.0. The number of hydrogen-bond acceptors (Lipinski definition) is 6. The number of rotatable bonds is 5. The Morgan fingerprint density at radius 1 is 1.15 bits per heavy atom. The van der Waals surface area contributed by atoms with Crippen molar-refractivity contribution in [3.05, 3.63) is 53.4 Å². The van der Waals surface area contributed by atoms with Crippen LogP contribution in [-0.2, 0) is 15.8 Å². The largest absolute Gasteiger partial charge is 0.367 e. The summed E-state index contributed by atoms with van der Waals surface area (Å²) in [5, 5.41) is 7.38. The standard InChI is InChI=1S/C18H20ClN5O2S/c19-18-22-16(21-14-6-9-20-10-7-14)15-8-11-24(17(15)23-18)27(25,26)12-13-4-2-1-3-5-13/h1-5,8,11,14,20H,6-7,9-10,12H2,(H,21,22,23). The van der Waals surface area contributed by atoms with Crippen LogP contribution in [-0.4, -0.2) is 41.5 Å². The fourth-order valence-corrected chi connectivity index (χ4v) is 4.88. The van der Waals surface area contributed by atoms with Gasteiger partial charge in [-0.15, -0.1) is 0 Å². The van der Waals surface area contributed by atoms with Gasteiger partial charge in [-0.1, -0.05) is 30.3 Å². The summed E-state index contributed by atoms with van der Waals surface area (Å²) in [5.74, 6) is 0.460. The van der Waals surface area contributed by atoms with Crippen molar-refractivity contribution in [1.82, 2.24) is 19.3 Å². The third-order valence-corrected chi connectivity index (χ3v) is 6.42. The molecule has 0 spiro atoms. The number of fused-ring (bicyclic) bond motifs is 1. The van der Waals surface area contributed by atoms with Crippen molar-refractivity contribution in [2.24, 2.45) is 0 Å². The molecule has 0 atom stereocenters. The van der Waals surface area contributed by atoms with Crippen LogP contribution in [0.3, 0.4) is 0 Å². The SMILES string of the molecule is O=S(=O)(Cc1ccccc1)n1ccc2c(NC3CCNCC3)nc(Cl)nc21. The summed E-state index contributed by atoms with van der Waals surface area (Å²) in [6, 6.07) is 11.1. The van der Waals surface area contributed by atoms with Gasteiger partial charge in [-0.2, -0.15) is 4.98 Å². The number of nitrogens with zero attached hydrogens (tertiary/aromatic N) is 3. The molecule has 2 N–H and O–H groups in total. The first-order valence-corrected chi connectivity index (χ1v) is 10.8. The summed E-state index contributed by atoms with van der Waals surface area (Å²) in [6.45, 7) is 1.87. The zero-order valence-electron chi connectivity index (χ0n) is 14.6. The van der Waals surface area contributed by atoms with Gasteiger partial charge in [0.1, 0.15) is 5.82 Å². The molecule has 3 aromatic rings. The van der Waals surface area contributed by atoms with E-state index >= 15 is 0 Å². The van der Waals surface area contributed by atoms with Crippen molar-refractivity contribution in [3.8, 4) is 0 Å². The highest BCUT2D eigenvalue weighted by molar-refractivity contribution is 7.89. The van der Waals surface area contributed by atoms with Gasteiger partial charge in [0.05, 0.1) is 11.1 Å². The van der Waals surface area contributed by atoms with E-state index in [4.69, 9.17) is 11.6 Å². The second-order valence-corrected chi connectivity index (χ2v) is 8.78. The molecule has 1 aliphatic rings. The number of aromatic nitrogens is 3. The third-order valence-electron chi connectivity index (χ3n) is 4.66. The van der Waals surface area contributed by atoms with Crippen LogP contribution < -0.4 is 10.6 Å². The monoisotopic (exact) mass is 405 g/mol. The third kappa shape index (κ3) is 3.92. The molecule has 4 rings (SSSR count). The van der Waals surface area contributed by atoms with E-state index in [1.165, 1.54) is 10.2 Å². The Balaban J connectivity index is 1.70. The molecule has 142 valence electrons. The number of anilines is 1. The van der Waals surface area contributed by atoms with Crippen LogP contribution in [0.5, 0.6) is 0 Å². The van der Waals surface area contributed by atoms with Gasteiger partial charge < -0.3 is 10.6 Å². The summed E-state index contributed by atoms with van der Waals surface area (Å²) in [4.78, 5) is 8.47. The van der Waals surface area contributed by atoms with Crippen molar-refractivity contribution in [2.75, 3.05) is 18.4 Å². The van der Waals surface area contributed by atoms with Crippen molar-refractivity contribution < 1.29 is 8.42 Å². The molecule has 1 aliphatic heterocycles. The number of benzene rings is 1. The predicted octanol–water partition coefficient (Wildman–Crippen LogP) is 2.63. The van der Waals surface area contributed by atoms with Crippen molar-refractivity contribution >= 4 is 38.5 Å². The Labute approximate surface area is 162 Å². The molecule has 0 saturated carbocycles. The molecule has 0 radical (unpaired) electrons. The van der Waals surface area contributed by atoms with E-state index < -0.39 is 10.0 Å². The molecule has 27 heavy (non-hydrogen) atoms. The van der Waals surface area contributed by atoms with Crippen LogP contribution in [0.4, 0.5) is 5.82 Å². The second kappa shape index (κ2) is 7.46. The van der Waals surface area contributed by atoms with E-state index in [0.717, 1.165) is 25.9 Å². The van der Waals surface area contributed by atoms with Gasteiger partial charge in [-0.25, -0.2) is 17.4 Å². The van der Waals surface area contributed by atoms with Gasteiger partial charge in [0, 0.05) is 12.2 Å². The molecular formula is C18H20ClN5O2S. The van der Waals surface area contributed by atoms with Gasteiger partial charge in [-0.05, 0) is 49.2 Å². The minimum absolute atomic E-state index is 0.0220. The van der Waals surface area contributed by atoms with Crippen molar-refractivity contribution in [3.63, 3.8) is 0 Å². The normalized spacial score (nSPS) is 15.9. The lowest BCUT2D eigenvalue weighted by atomic mass is 10.1. The fourth-order valence-electron chi connectivity index (χ4n) is 3.31. The maximum absolute atomic E-state index is 12.9. The van der Waals surface area contributed by atoms with E-state index in [1.807, 2.05) is 18.2 Å². The molecule has 7 nitrogen and oxygen atoms in total. The molecule has 9 heteroatoms. The Morgan fingerprint density at radius 3 is 2.63 bits per heavy atom. The smallest absolute Gasteiger partial charge is 0.244 e. The number of halogens is 1. The quantitative estimate of drug-likeness (QED) is 0.634. The van der Waals surface area contributed by atoms with Crippen LogP contribution in [0.2, 0.25) is 5.28 Å². The van der Waals surface area contributed by atoms with Crippen LogP contribution in [0.15, 0.2) is 42.6 Å². The van der Waals surface area contributed by atoms with E-state index in [1.54, 1.807) is 18.2 Å². The summed E-state index contributed by atoms with van der Waals surface area (Å²) >= 11 is 6.10. The first-order chi connectivity index (χ1) is 13.0. The predicted molar refractivity (Wildman–Crippen MR) is 107 cm³/mol. The number of piperidine rings is 1. The first kappa shape index (κ1) is 18.2. The van der Waals surface area contributed by atoms with Gasteiger partial charge in [0.2, 0.25) is 15.3 Å². The van der Waals surface area contributed by atoms with Crippen LogP contribution in [0, 0.1) is 0 Å². The maximum Gasteiger partial charge on any atom is 0.244 e. The molecule has 1 saturated heterocycles. The number of nitrogens with one attached hydrogen (secondary N) is 2. The van der Waals surface area contributed by atoms with Gasteiger partial charge in [0.25, 0.3) is 0 Å². The number of hydrogen-bond donors (Lipinski definition) is 2. The second-order valence-electron chi connectivity index (χ2n) is 6.60. The van der Waals surface area contributed by atoms with Crippen molar-refractivity contribution in [1.29, 1.82) is 0 Å². The molecule has 3 heterocycles. The van der Waals surface area contributed by atoms with E-state index in [9.17, 15) is 8.42 Å². The Morgan fingerprint density at radius 2 is 1.89 bits per heavy atom. The van der Waals surface area contributed by atoms with Gasteiger partial charge >= 0.3 is 0 Å². The van der Waals surface area contributed by atoms with Crippen LogP contribution >= 0.6 is 11.6 Å². The first-order valence-electron chi connectivity index (χ1n) is 8.82. The van der Waals surface area contributed by atoms with Crippen LogP contribution in [0.25, 0.3) is 11.0 Å². The molecule has 1 aromatic carbocycles. The van der Waals surface area contributed by atoms with E-state index in [0.29, 0.717) is 22.4 Å².